The molecule has 0 amide bonds. The van der Waals surface area contributed by atoms with Crippen molar-refractivity contribution in [3.05, 3.63) is 71.3 Å². The summed E-state index contributed by atoms with van der Waals surface area (Å²) in [6.45, 7) is 5.08. The summed E-state index contributed by atoms with van der Waals surface area (Å²) < 4.78 is 26.9. The number of halogens is 2. The van der Waals surface area contributed by atoms with Crippen LogP contribution in [0.2, 0.25) is 0 Å². The second-order valence-corrected chi connectivity index (χ2v) is 5.77. The van der Waals surface area contributed by atoms with Crippen molar-refractivity contribution in [2.24, 2.45) is 0 Å². The van der Waals surface area contributed by atoms with E-state index in [0.717, 1.165) is 38.8 Å². The van der Waals surface area contributed by atoms with E-state index < -0.39 is 0 Å². The predicted octanol–water partition coefficient (Wildman–Crippen LogP) is 3.28. The van der Waals surface area contributed by atoms with E-state index in [0.29, 0.717) is 12.1 Å². The first-order valence-electron chi connectivity index (χ1n) is 7.63. The van der Waals surface area contributed by atoms with Crippen molar-refractivity contribution in [1.82, 2.24) is 9.80 Å². The minimum Gasteiger partial charge on any atom is -0.297 e. The minimum atomic E-state index is -0.376. The minimum absolute atomic E-state index is 0.326. The van der Waals surface area contributed by atoms with Crippen LogP contribution in [0.15, 0.2) is 48.5 Å². The highest BCUT2D eigenvalue weighted by Crippen LogP contribution is 2.15. The van der Waals surface area contributed by atoms with Gasteiger partial charge in [-0.2, -0.15) is 0 Å². The normalized spacial score (nSPS) is 16.8. The van der Waals surface area contributed by atoms with Crippen LogP contribution in [-0.2, 0) is 13.1 Å². The molecule has 0 radical (unpaired) electrons. The SMILES string of the molecule is Fc1ccc(F)c(CN2CCN(Cc3ccccc3)CC2)c1. The molecule has 0 atom stereocenters. The fraction of sp³-hybridized carbons (Fsp3) is 0.333. The molecular weight excluding hydrogens is 282 g/mol. The van der Waals surface area contributed by atoms with Crippen molar-refractivity contribution in [3.8, 4) is 0 Å². The molecule has 0 N–H and O–H groups in total. The van der Waals surface area contributed by atoms with Crippen LogP contribution in [0.3, 0.4) is 0 Å². The van der Waals surface area contributed by atoms with Crippen LogP contribution in [0, 0.1) is 11.6 Å². The van der Waals surface area contributed by atoms with E-state index in [1.165, 1.54) is 17.7 Å². The lowest BCUT2D eigenvalue weighted by atomic mass is 10.1. The Hall–Kier alpha value is -1.78. The Morgan fingerprint density at radius 1 is 0.773 bits per heavy atom. The Morgan fingerprint density at radius 2 is 1.41 bits per heavy atom. The molecule has 1 aliphatic heterocycles. The summed E-state index contributed by atoms with van der Waals surface area (Å²) in [5.41, 5.74) is 1.75. The maximum atomic E-state index is 13.7. The fourth-order valence-corrected chi connectivity index (χ4v) is 2.85. The molecule has 0 aliphatic carbocycles. The topological polar surface area (TPSA) is 6.48 Å². The number of hydrogen-bond donors (Lipinski definition) is 0. The lowest BCUT2D eigenvalue weighted by Gasteiger charge is -2.34. The van der Waals surface area contributed by atoms with Crippen LogP contribution in [0.25, 0.3) is 0 Å². The van der Waals surface area contributed by atoms with Crippen LogP contribution in [0.5, 0.6) is 0 Å². The van der Waals surface area contributed by atoms with Crippen molar-refractivity contribution in [3.63, 3.8) is 0 Å². The Morgan fingerprint density at radius 3 is 2.09 bits per heavy atom. The molecule has 0 spiro atoms. The third-order valence-electron chi connectivity index (χ3n) is 4.12. The van der Waals surface area contributed by atoms with Crippen molar-refractivity contribution >= 4 is 0 Å². The van der Waals surface area contributed by atoms with Crippen molar-refractivity contribution in [1.29, 1.82) is 0 Å². The molecule has 0 bridgehead atoms. The first-order valence-corrected chi connectivity index (χ1v) is 7.63. The summed E-state index contributed by atoms with van der Waals surface area (Å²) in [6.07, 6.45) is 0. The lowest BCUT2D eigenvalue weighted by molar-refractivity contribution is 0.121. The van der Waals surface area contributed by atoms with Gasteiger partial charge in [-0.1, -0.05) is 30.3 Å². The fourth-order valence-electron chi connectivity index (χ4n) is 2.85. The average Bonchev–Trinajstić information content (AvgIpc) is 2.54. The van der Waals surface area contributed by atoms with Crippen molar-refractivity contribution < 1.29 is 8.78 Å². The van der Waals surface area contributed by atoms with Crippen LogP contribution >= 0.6 is 0 Å². The van der Waals surface area contributed by atoms with Gasteiger partial charge in [-0.15, -0.1) is 0 Å². The summed E-state index contributed by atoms with van der Waals surface area (Å²) in [5, 5.41) is 0. The Kier molecular flexibility index (Phi) is 4.80. The Balaban J connectivity index is 1.52. The van der Waals surface area contributed by atoms with Gasteiger partial charge in [0.1, 0.15) is 11.6 Å². The van der Waals surface area contributed by atoms with Crippen LogP contribution in [-0.4, -0.2) is 36.0 Å². The molecule has 2 nitrogen and oxygen atoms in total. The van der Waals surface area contributed by atoms with Crippen LogP contribution in [0.4, 0.5) is 8.78 Å². The van der Waals surface area contributed by atoms with Gasteiger partial charge in [-0.3, -0.25) is 9.80 Å². The van der Waals surface area contributed by atoms with E-state index in [4.69, 9.17) is 0 Å². The zero-order chi connectivity index (χ0) is 15.4. The molecule has 1 saturated heterocycles. The van der Waals surface area contributed by atoms with Gasteiger partial charge in [0.2, 0.25) is 0 Å². The van der Waals surface area contributed by atoms with E-state index in [2.05, 4.69) is 34.1 Å². The van der Waals surface area contributed by atoms with Gasteiger partial charge in [0.25, 0.3) is 0 Å². The molecule has 2 aromatic rings. The monoisotopic (exact) mass is 302 g/mol. The van der Waals surface area contributed by atoms with E-state index in [1.807, 2.05) is 6.07 Å². The number of benzene rings is 2. The lowest BCUT2D eigenvalue weighted by Crippen LogP contribution is -2.45. The van der Waals surface area contributed by atoms with Gasteiger partial charge in [-0.25, -0.2) is 8.78 Å². The molecule has 1 aliphatic rings. The van der Waals surface area contributed by atoms with Gasteiger partial charge in [0, 0.05) is 44.8 Å². The third kappa shape index (κ3) is 3.90. The summed E-state index contributed by atoms with van der Waals surface area (Å²) in [6, 6.07) is 14.1. The van der Waals surface area contributed by atoms with Gasteiger partial charge in [0.05, 0.1) is 0 Å². The van der Waals surface area contributed by atoms with Gasteiger partial charge in [-0.05, 0) is 23.8 Å². The van der Waals surface area contributed by atoms with Crippen molar-refractivity contribution in [2.45, 2.75) is 13.1 Å². The Bertz CT molecular complexity index is 608. The standard InChI is InChI=1S/C18H20F2N2/c19-17-6-7-18(20)16(12-17)14-22-10-8-21(9-11-22)13-15-4-2-1-3-5-15/h1-7,12H,8-11,13-14H2. The van der Waals surface area contributed by atoms with Crippen LogP contribution < -0.4 is 0 Å². The summed E-state index contributed by atoms with van der Waals surface area (Å²) in [7, 11) is 0. The first kappa shape index (κ1) is 15.1. The predicted molar refractivity (Wildman–Crippen MR) is 83.4 cm³/mol. The zero-order valence-electron chi connectivity index (χ0n) is 12.5. The van der Waals surface area contributed by atoms with Crippen LogP contribution in [0.1, 0.15) is 11.1 Å². The number of hydrogen-bond acceptors (Lipinski definition) is 2. The van der Waals surface area contributed by atoms with Gasteiger partial charge in [0.15, 0.2) is 0 Å². The third-order valence-corrected chi connectivity index (χ3v) is 4.12. The zero-order valence-corrected chi connectivity index (χ0v) is 12.5. The highest BCUT2D eigenvalue weighted by atomic mass is 19.1. The number of rotatable bonds is 4. The number of piperazine rings is 1. The maximum Gasteiger partial charge on any atom is 0.127 e. The quantitative estimate of drug-likeness (QED) is 0.855. The van der Waals surface area contributed by atoms with Crippen molar-refractivity contribution in [2.75, 3.05) is 26.2 Å². The first-order chi connectivity index (χ1) is 10.7. The largest absolute Gasteiger partial charge is 0.297 e. The smallest absolute Gasteiger partial charge is 0.127 e. The molecule has 116 valence electrons. The molecular formula is C18H20F2N2. The molecule has 0 saturated carbocycles. The second-order valence-electron chi connectivity index (χ2n) is 5.77. The Labute approximate surface area is 130 Å². The molecule has 4 heteroatoms. The van der Waals surface area contributed by atoms with E-state index in [9.17, 15) is 8.78 Å². The summed E-state index contributed by atoms with van der Waals surface area (Å²) >= 11 is 0. The second kappa shape index (κ2) is 6.99. The van der Waals surface area contributed by atoms with E-state index in [-0.39, 0.29) is 11.6 Å². The highest BCUT2D eigenvalue weighted by molar-refractivity contribution is 5.19. The van der Waals surface area contributed by atoms with Gasteiger partial charge >= 0.3 is 0 Å². The molecule has 3 rings (SSSR count). The number of nitrogens with zero attached hydrogens (tertiary/aromatic N) is 2. The summed E-state index contributed by atoms with van der Waals surface area (Å²) in [4.78, 5) is 4.58. The maximum absolute atomic E-state index is 13.7. The molecule has 0 aromatic heterocycles. The molecule has 0 unspecified atom stereocenters. The summed E-state index contributed by atoms with van der Waals surface area (Å²) in [5.74, 6) is -0.702. The molecule has 1 heterocycles. The average molecular weight is 302 g/mol. The molecule has 2 aromatic carbocycles. The molecule has 1 fully saturated rings. The van der Waals surface area contributed by atoms with E-state index >= 15 is 0 Å². The van der Waals surface area contributed by atoms with E-state index in [1.54, 1.807) is 0 Å². The highest BCUT2D eigenvalue weighted by Gasteiger charge is 2.18. The molecule has 22 heavy (non-hydrogen) atoms. The van der Waals surface area contributed by atoms with Gasteiger partial charge < -0.3 is 0 Å².